The maximum atomic E-state index is 14.2. The highest BCUT2D eigenvalue weighted by molar-refractivity contribution is 7.94. The Morgan fingerprint density at radius 3 is 1.74 bits per heavy atom. The van der Waals surface area contributed by atoms with Crippen molar-refractivity contribution in [3.63, 3.8) is 0 Å². The summed E-state index contributed by atoms with van der Waals surface area (Å²) >= 11 is 0. The second-order valence-electron chi connectivity index (χ2n) is 10.6. The summed E-state index contributed by atoms with van der Waals surface area (Å²) in [7, 11) is -3.74. The number of aliphatic carboxylic acids is 1. The van der Waals surface area contributed by atoms with E-state index in [4.69, 9.17) is 4.74 Å². The summed E-state index contributed by atoms with van der Waals surface area (Å²) in [5.74, 6) is -3.82. The molecule has 3 atom stereocenters. The Morgan fingerprint density at radius 1 is 0.786 bits per heavy atom. The summed E-state index contributed by atoms with van der Waals surface area (Å²) in [6.07, 6.45) is -0.832. The molecule has 0 heterocycles. The highest BCUT2D eigenvalue weighted by atomic mass is 32.2. The average Bonchev–Trinajstić information content (AvgIpc) is 2.92. The van der Waals surface area contributed by atoms with Crippen molar-refractivity contribution in [2.45, 2.75) is 56.2 Å². The van der Waals surface area contributed by atoms with Crippen molar-refractivity contribution in [2.75, 3.05) is 5.75 Å². The van der Waals surface area contributed by atoms with E-state index >= 15 is 0 Å². The Hall–Kier alpha value is -4.51. The van der Waals surface area contributed by atoms with E-state index in [1.807, 2.05) is 0 Å². The summed E-state index contributed by atoms with van der Waals surface area (Å²) in [6, 6.07) is 22.9. The fourth-order valence-corrected chi connectivity index (χ4v) is 5.75. The topological polar surface area (TPSA) is 151 Å². The van der Waals surface area contributed by atoms with Gasteiger partial charge in [-0.1, -0.05) is 78.9 Å². The minimum absolute atomic E-state index is 0.00344. The van der Waals surface area contributed by atoms with Crippen LogP contribution in [0.15, 0.2) is 100 Å². The van der Waals surface area contributed by atoms with Crippen LogP contribution in [0.4, 0.5) is 4.79 Å². The molecule has 0 spiro atoms. The smallest absolute Gasteiger partial charge is 0.408 e. The van der Waals surface area contributed by atoms with Crippen molar-refractivity contribution in [3.8, 4) is 0 Å². The van der Waals surface area contributed by atoms with Crippen LogP contribution in [0.5, 0.6) is 0 Å². The minimum atomic E-state index is -3.74. The van der Waals surface area contributed by atoms with Crippen LogP contribution in [0, 0.1) is 0 Å². The normalized spacial score (nSPS) is 14.0. The molecular formula is C31H35N3O7S. The van der Waals surface area contributed by atoms with Crippen LogP contribution in [-0.2, 0) is 41.7 Å². The first-order chi connectivity index (χ1) is 19.8. The Bertz CT molecular complexity index is 1500. The lowest BCUT2D eigenvalue weighted by Gasteiger charge is -2.22. The molecule has 0 fully saturated rings. The molecule has 0 saturated carbocycles. The van der Waals surface area contributed by atoms with Crippen molar-refractivity contribution in [3.05, 3.63) is 102 Å². The number of amides is 3. The summed E-state index contributed by atoms with van der Waals surface area (Å²) in [5.41, 5.74) is 0.555. The van der Waals surface area contributed by atoms with E-state index in [-0.39, 0.29) is 17.7 Å². The molecule has 3 aromatic rings. The number of hydrogen-bond acceptors (Lipinski definition) is 6. The number of carboxylic acid groups (broad SMARTS) is 1. The molecule has 0 bridgehead atoms. The number of carbonyl (C=O) groups is 4. The molecule has 11 heteroatoms. The molecule has 0 aliphatic heterocycles. The molecule has 3 N–H and O–H groups in total. The molecule has 1 unspecified atom stereocenters. The largest absolute Gasteiger partial charge is 0.480 e. The van der Waals surface area contributed by atoms with Gasteiger partial charge in [-0.2, -0.15) is 4.36 Å². The van der Waals surface area contributed by atoms with Gasteiger partial charge in [-0.25, -0.2) is 13.8 Å². The number of hydrogen-bond donors (Lipinski definition) is 3. The first-order valence-corrected chi connectivity index (χ1v) is 15.0. The van der Waals surface area contributed by atoms with Crippen molar-refractivity contribution >= 4 is 33.6 Å². The van der Waals surface area contributed by atoms with Gasteiger partial charge in [0, 0.05) is 17.7 Å². The zero-order valence-corrected chi connectivity index (χ0v) is 24.5. The standard InChI is InChI=1S/C31H35N3O7S/c1-31(2,3)41-30(39)33-25(19-22-13-7-4-8-14-22)28(36)34-42(40,24-17-11-6-12-18-24)21-27(35)32-26(29(37)38)20-23-15-9-5-10-16-23/h4-18,25-26H,19-21H2,1-3H3,(H,32,35)(H,33,39)(H,37,38)/t25-,26-,42?/m0/s1. The summed E-state index contributed by atoms with van der Waals surface area (Å²) in [4.78, 5) is 51.3. The number of ether oxygens (including phenoxy) is 1. The molecule has 0 aliphatic rings. The monoisotopic (exact) mass is 593 g/mol. The molecule has 0 radical (unpaired) electrons. The molecule has 3 rings (SSSR count). The van der Waals surface area contributed by atoms with Crippen molar-refractivity contribution in [1.29, 1.82) is 0 Å². The van der Waals surface area contributed by atoms with Crippen LogP contribution in [0.1, 0.15) is 31.9 Å². The number of carboxylic acids is 1. The number of alkyl carbamates (subject to hydrolysis) is 1. The Morgan fingerprint density at radius 2 is 1.26 bits per heavy atom. The molecule has 222 valence electrons. The maximum absolute atomic E-state index is 14.2. The van der Waals surface area contributed by atoms with Gasteiger partial charge in [-0.15, -0.1) is 0 Å². The van der Waals surface area contributed by atoms with Crippen molar-refractivity contribution in [2.24, 2.45) is 4.36 Å². The van der Waals surface area contributed by atoms with Gasteiger partial charge in [0.25, 0.3) is 5.91 Å². The van der Waals surface area contributed by atoms with Crippen LogP contribution in [-0.4, -0.2) is 56.6 Å². The number of nitrogens with one attached hydrogen (secondary N) is 2. The molecule has 10 nitrogen and oxygen atoms in total. The molecule has 3 amide bonds. The zero-order valence-electron chi connectivity index (χ0n) is 23.7. The van der Waals surface area contributed by atoms with E-state index in [1.54, 1.807) is 99.6 Å². The van der Waals surface area contributed by atoms with E-state index < -0.39 is 57.0 Å². The van der Waals surface area contributed by atoms with Crippen LogP contribution in [0.3, 0.4) is 0 Å². The van der Waals surface area contributed by atoms with Crippen LogP contribution >= 0.6 is 0 Å². The Kier molecular flexibility index (Phi) is 11.0. The van der Waals surface area contributed by atoms with E-state index in [1.165, 1.54) is 12.1 Å². The lowest BCUT2D eigenvalue weighted by Crippen LogP contribution is -2.45. The number of rotatable bonds is 11. The molecular weight excluding hydrogens is 558 g/mol. The van der Waals surface area contributed by atoms with Crippen molar-refractivity contribution in [1.82, 2.24) is 10.6 Å². The fourth-order valence-electron chi connectivity index (χ4n) is 3.97. The number of benzene rings is 3. The predicted molar refractivity (Wildman–Crippen MR) is 158 cm³/mol. The van der Waals surface area contributed by atoms with Gasteiger partial charge in [0.15, 0.2) is 0 Å². The van der Waals surface area contributed by atoms with Crippen LogP contribution in [0.25, 0.3) is 0 Å². The first kappa shape index (κ1) is 32.0. The second kappa shape index (κ2) is 14.4. The van der Waals surface area contributed by atoms with Crippen LogP contribution in [0.2, 0.25) is 0 Å². The first-order valence-electron chi connectivity index (χ1n) is 13.3. The Labute approximate surface area is 245 Å². The van der Waals surface area contributed by atoms with Gasteiger partial charge in [0.2, 0.25) is 5.91 Å². The van der Waals surface area contributed by atoms with E-state index in [0.29, 0.717) is 11.1 Å². The highest BCUT2D eigenvalue weighted by Gasteiger charge is 2.29. The Balaban J connectivity index is 1.92. The van der Waals surface area contributed by atoms with E-state index in [2.05, 4.69) is 15.0 Å². The molecule has 3 aromatic carbocycles. The van der Waals surface area contributed by atoms with Gasteiger partial charge >= 0.3 is 12.1 Å². The third-order valence-electron chi connectivity index (χ3n) is 5.86. The second-order valence-corrected chi connectivity index (χ2v) is 12.8. The molecule has 0 aliphatic carbocycles. The summed E-state index contributed by atoms with van der Waals surface area (Å²) in [5, 5.41) is 14.6. The fraction of sp³-hybridized carbons (Fsp3) is 0.290. The van der Waals surface area contributed by atoms with Gasteiger partial charge in [0.05, 0.1) is 9.73 Å². The highest BCUT2D eigenvalue weighted by Crippen LogP contribution is 2.17. The van der Waals surface area contributed by atoms with E-state index in [9.17, 15) is 28.5 Å². The van der Waals surface area contributed by atoms with Crippen molar-refractivity contribution < 1.29 is 33.2 Å². The third kappa shape index (κ3) is 10.2. The molecule has 0 aromatic heterocycles. The van der Waals surface area contributed by atoms with Gasteiger partial charge in [-0.05, 0) is 44.0 Å². The van der Waals surface area contributed by atoms with Gasteiger partial charge < -0.3 is 20.5 Å². The molecule has 0 saturated heterocycles. The summed E-state index contributed by atoms with van der Waals surface area (Å²) in [6.45, 7) is 5.02. The number of nitrogens with zero attached hydrogens (tertiary/aromatic N) is 1. The summed E-state index contributed by atoms with van der Waals surface area (Å²) < 4.78 is 23.6. The lowest BCUT2D eigenvalue weighted by atomic mass is 10.1. The lowest BCUT2D eigenvalue weighted by molar-refractivity contribution is -0.141. The third-order valence-corrected chi connectivity index (χ3v) is 8.00. The van der Waals surface area contributed by atoms with Gasteiger partial charge in [0.1, 0.15) is 23.4 Å². The van der Waals surface area contributed by atoms with Gasteiger partial charge in [-0.3, -0.25) is 9.59 Å². The quantitative estimate of drug-likeness (QED) is 0.304. The van der Waals surface area contributed by atoms with Crippen LogP contribution < -0.4 is 10.6 Å². The van der Waals surface area contributed by atoms with E-state index in [0.717, 1.165) is 0 Å². The number of carbonyl (C=O) groups excluding carboxylic acids is 3. The SMILES string of the molecule is CC(C)(C)OC(=O)N[C@@H](Cc1ccccc1)C(=O)N=S(=O)(CC(=O)N[C@@H](Cc1ccccc1)C(=O)O)c1ccccc1. The zero-order chi connectivity index (χ0) is 30.8. The predicted octanol–water partition coefficient (Wildman–Crippen LogP) is 3.99. The maximum Gasteiger partial charge on any atom is 0.408 e. The average molecular weight is 594 g/mol. The minimum Gasteiger partial charge on any atom is -0.480 e. The molecule has 42 heavy (non-hydrogen) atoms.